The van der Waals surface area contributed by atoms with E-state index < -0.39 is 0 Å². The average molecular weight is 512 g/mol. The van der Waals surface area contributed by atoms with Gasteiger partial charge in [-0.15, -0.1) is 10.2 Å². The lowest BCUT2D eigenvalue weighted by atomic mass is 10.2. The summed E-state index contributed by atoms with van der Waals surface area (Å²) in [6.45, 7) is 3.84. The van der Waals surface area contributed by atoms with Crippen molar-refractivity contribution in [2.24, 2.45) is 0 Å². The number of likely N-dealkylation sites (tertiary alicyclic amines) is 1. The molecule has 0 atom stereocenters. The number of nitrogens with one attached hydrogen (secondary N) is 2. The maximum Gasteiger partial charge on any atom is 0.286 e. The van der Waals surface area contributed by atoms with E-state index in [4.69, 9.17) is 14.2 Å². The highest BCUT2D eigenvalue weighted by atomic mass is 32.1. The van der Waals surface area contributed by atoms with Gasteiger partial charge >= 0.3 is 0 Å². The van der Waals surface area contributed by atoms with E-state index in [0.717, 1.165) is 31.0 Å². The molecule has 1 aliphatic heterocycles. The molecule has 0 saturated carbocycles. The Morgan fingerprint density at radius 2 is 1.72 bits per heavy atom. The van der Waals surface area contributed by atoms with Gasteiger partial charge in [0.2, 0.25) is 5.01 Å². The summed E-state index contributed by atoms with van der Waals surface area (Å²) in [4.78, 5) is 27.3. The minimum Gasteiger partial charge on any atom is -0.493 e. The predicted molar refractivity (Wildman–Crippen MR) is 136 cm³/mol. The molecule has 2 amide bonds. The molecule has 1 fully saturated rings. The number of amides is 2. The Morgan fingerprint density at radius 3 is 2.44 bits per heavy atom. The molecule has 2 N–H and O–H groups in total. The Balaban J connectivity index is 1.25. The molecule has 0 bridgehead atoms. The minimum absolute atomic E-state index is 0.129. The summed E-state index contributed by atoms with van der Waals surface area (Å²) in [6, 6.07) is 12.0. The highest BCUT2D eigenvalue weighted by Gasteiger charge is 2.15. The van der Waals surface area contributed by atoms with Gasteiger partial charge in [-0.3, -0.25) is 9.59 Å². The first-order valence-corrected chi connectivity index (χ1v) is 12.5. The van der Waals surface area contributed by atoms with E-state index in [1.165, 1.54) is 12.8 Å². The Kier molecular flexibility index (Phi) is 8.69. The van der Waals surface area contributed by atoms with Gasteiger partial charge < -0.3 is 29.7 Å². The normalized spacial score (nSPS) is 13.3. The molecule has 1 aliphatic rings. The fraction of sp³-hybridized carbons (Fsp3) is 0.360. The summed E-state index contributed by atoms with van der Waals surface area (Å²) in [6.07, 6.45) is 2.46. The van der Waals surface area contributed by atoms with E-state index in [-0.39, 0.29) is 23.4 Å². The highest BCUT2D eigenvalue weighted by molar-refractivity contribution is 7.13. The molecule has 10 nitrogen and oxygen atoms in total. The zero-order valence-electron chi connectivity index (χ0n) is 20.3. The highest BCUT2D eigenvalue weighted by Crippen LogP contribution is 2.31. The van der Waals surface area contributed by atoms with Crippen LogP contribution in [0.2, 0.25) is 0 Å². The van der Waals surface area contributed by atoms with Crippen LogP contribution in [0.15, 0.2) is 42.5 Å². The quantitative estimate of drug-likeness (QED) is 0.403. The SMILES string of the molecule is COc1ccc(OCc2nnc(C(=O)Nc3ccc(C(=O)NCCN4CCCC4)cc3)s2)cc1OC. The fourth-order valence-electron chi connectivity index (χ4n) is 3.78. The van der Waals surface area contributed by atoms with Crippen LogP contribution in [0.25, 0.3) is 0 Å². The number of anilines is 1. The van der Waals surface area contributed by atoms with Crippen LogP contribution in [0.1, 0.15) is 38.0 Å². The predicted octanol–water partition coefficient (Wildman–Crippen LogP) is 3.21. The standard InChI is InChI=1S/C25H29N5O5S/c1-33-20-10-9-19(15-21(20)34-2)35-16-22-28-29-25(36-22)24(32)27-18-7-5-17(6-8-18)23(31)26-11-14-30-12-3-4-13-30/h5-10,15H,3-4,11-14,16H2,1-2H3,(H,26,31)(H,27,32). The molecule has 11 heteroatoms. The van der Waals surface area contributed by atoms with E-state index in [1.807, 2.05) is 0 Å². The summed E-state index contributed by atoms with van der Waals surface area (Å²) >= 11 is 1.14. The third kappa shape index (κ3) is 6.70. The number of hydrogen-bond donors (Lipinski definition) is 2. The van der Waals surface area contributed by atoms with Crippen LogP contribution in [0.5, 0.6) is 17.2 Å². The minimum atomic E-state index is -0.382. The van der Waals surface area contributed by atoms with Crippen molar-refractivity contribution in [3.05, 3.63) is 58.0 Å². The topological polar surface area (TPSA) is 115 Å². The third-order valence-corrected chi connectivity index (χ3v) is 6.59. The van der Waals surface area contributed by atoms with Crippen LogP contribution in [-0.4, -0.2) is 67.3 Å². The van der Waals surface area contributed by atoms with Crippen molar-refractivity contribution in [2.45, 2.75) is 19.4 Å². The Hall–Kier alpha value is -3.70. The first-order valence-electron chi connectivity index (χ1n) is 11.6. The van der Waals surface area contributed by atoms with Crippen LogP contribution in [0, 0.1) is 0 Å². The number of methoxy groups -OCH3 is 2. The molecule has 36 heavy (non-hydrogen) atoms. The molecule has 2 heterocycles. The van der Waals surface area contributed by atoms with Crippen molar-refractivity contribution in [3.63, 3.8) is 0 Å². The molecule has 4 rings (SSSR count). The number of carbonyl (C=O) groups is 2. The first kappa shape index (κ1) is 25.4. The molecule has 0 radical (unpaired) electrons. The molecule has 3 aromatic rings. The Morgan fingerprint density at radius 1 is 0.972 bits per heavy atom. The van der Waals surface area contributed by atoms with Crippen LogP contribution < -0.4 is 24.8 Å². The van der Waals surface area contributed by atoms with E-state index in [1.54, 1.807) is 56.7 Å². The van der Waals surface area contributed by atoms with Gasteiger partial charge in [0, 0.05) is 30.4 Å². The van der Waals surface area contributed by atoms with Gasteiger partial charge in [0.1, 0.15) is 12.4 Å². The summed E-state index contributed by atoms with van der Waals surface area (Å²) in [5, 5.41) is 14.5. The van der Waals surface area contributed by atoms with Gasteiger partial charge in [0.05, 0.1) is 14.2 Å². The second-order valence-corrected chi connectivity index (χ2v) is 9.20. The van der Waals surface area contributed by atoms with Gasteiger partial charge in [-0.2, -0.15) is 0 Å². The lowest BCUT2D eigenvalue weighted by molar-refractivity contribution is 0.0949. The number of hydrogen-bond acceptors (Lipinski definition) is 9. The zero-order valence-corrected chi connectivity index (χ0v) is 21.1. The van der Waals surface area contributed by atoms with Gasteiger partial charge in [-0.1, -0.05) is 11.3 Å². The van der Waals surface area contributed by atoms with Crippen molar-refractivity contribution in [1.29, 1.82) is 0 Å². The van der Waals surface area contributed by atoms with Crippen molar-refractivity contribution in [2.75, 3.05) is 45.7 Å². The van der Waals surface area contributed by atoms with E-state index in [9.17, 15) is 9.59 Å². The fourth-order valence-corrected chi connectivity index (χ4v) is 4.43. The molecule has 0 spiro atoms. The zero-order chi connectivity index (χ0) is 25.3. The molecular formula is C25H29N5O5S. The molecule has 1 saturated heterocycles. The number of benzene rings is 2. The summed E-state index contributed by atoms with van der Waals surface area (Å²) in [7, 11) is 3.12. The van der Waals surface area contributed by atoms with Crippen LogP contribution in [0.3, 0.4) is 0 Å². The van der Waals surface area contributed by atoms with Gasteiger partial charge in [-0.25, -0.2) is 0 Å². The monoisotopic (exact) mass is 511 g/mol. The second-order valence-electron chi connectivity index (χ2n) is 8.14. The van der Waals surface area contributed by atoms with Gasteiger partial charge in [0.15, 0.2) is 16.5 Å². The number of aromatic nitrogens is 2. The number of carbonyl (C=O) groups excluding carboxylic acids is 2. The van der Waals surface area contributed by atoms with Gasteiger partial charge in [0.25, 0.3) is 11.8 Å². The van der Waals surface area contributed by atoms with Crippen molar-refractivity contribution in [1.82, 2.24) is 20.4 Å². The average Bonchev–Trinajstić information content (AvgIpc) is 3.60. The van der Waals surface area contributed by atoms with E-state index in [2.05, 4.69) is 25.7 Å². The molecule has 0 unspecified atom stereocenters. The maximum absolute atomic E-state index is 12.6. The third-order valence-electron chi connectivity index (χ3n) is 5.70. The number of nitrogens with zero attached hydrogens (tertiary/aromatic N) is 3. The molecule has 1 aromatic heterocycles. The van der Waals surface area contributed by atoms with Crippen molar-refractivity contribution >= 4 is 28.8 Å². The lowest BCUT2D eigenvalue weighted by Crippen LogP contribution is -2.33. The molecular weight excluding hydrogens is 482 g/mol. The van der Waals surface area contributed by atoms with Crippen LogP contribution in [0.4, 0.5) is 5.69 Å². The van der Waals surface area contributed by atoms with Gasteiger partial charge in [-0.05, 0) is 62.3 Å². The molecule has 0 aliphatic carbocycles. The summed E-state index contributed by atoms with van der Waals surface area (Å²) in [5.74, 6) is 1.22. The first-order chi connectivity index (χ1) is 17.6. The maximum atomic E-state index is 12.6. The Bertz CT molecular complexity index is 1180. The van der Waals surface area contributed by atoms with Crippen LogP contribution in [-0.2, 0) is 6.61 Å². The Labute approximate surface area is 213 Å². The van der Waals surface area contributed by atoms with Crippen LogP contribution >= 0.6 is 11.3 Å². The molecule has 2 aromatic carbocycles. The summed E-state index contributed by atoms with van der Waals surface area (Å²) in [5.41, 5.74) is 1.10. The van der Waals surface area contributed by atoms with E-state index in [0.29, 0.717) is 40.1 Å². The lowest BCUT2D eigenvalue weighted by Gasteiger charge is -2.14. The molecule has 190 valence electrons. The van der Waals surface area contributed by atoms with Crippen molar-refractivity contribution < 1.29 is 23.8 Å². The number of ether oxygens (including phenoxy) is 3. The van der Waals surface area contributed by atoms with E-state index >= 15 is 0 Å². The smallest absolute Gasteiger partial charge is 0.286 e. The second kappa shape index (κ2) is 12.3. The number of rotatable bonds is 11. The largest absolute Gasteiger partial charge is 0.493 e. The van der Waals surface area contributed by atoms with Crippen molar-refractivity contribution in [3.8, 4) is 17.2 Å². The summed E-state index contributed by atoms with van der Waals surface area (Å²) < 4.78 is 16.2.